The largest absolute Gasteiger partial charge is 0.495 e. The van der Waals surface area contributed by atoms with Crippen molar-refractivity contribution in [3.63, 3.8) is 0 Å². The van der Waals surface area contributed by atoms with Crippen LogP contribution in [0.25, 0.3) is 0 Å². The van der Waals surface area contributed by atoms with Gasteiger partial charge in [0.05, 0.1) is 18.5 Å². The van der Waals surface area contributed by atoms with Gasteiger partial charge in [-0.2, -0.15) is 0 Å². The van der Waals surface area contributed by atoms with E-state index in [1.54, 1.807) is 43.6 Å². The Morgan fingerprint density at radius 3 is 2.40 bits per heavy atom. The fraction of sp³-hybridized carbons (Fsp3) is 0.0625. The summed E-state index contributed by atoms with van der Waals surface area (Å²) >= 11 is 12.1. The number of benzene rings is 1. The van der Waals surface area contributed by atoms with Gasteiger partial charge in [0.15, 0.2) is 16.8 Å². The van der Waals surface area contributed by atoms with Crippen LogP contribution in [0, 0.1) is 0 Å². The highest BCUT2D eigenvalue weighted by atomic mass is 35.5. The third-order valence-electron chi connectivity index (χ3n) is 3.31. The molecule has 3 rings (SSSR count). The van der Waals surface area contributed by atoms with E-state index in [2.05, 4.69) is 25.6 Å². The van der Waals surface area contributed by atoms with E-state index >= 15 is 0 Å². The number of methoxy groups -OCH3 is 1. The molecule has 3 aromatic rings. The van der Waals surface area contributed by atoms with Gasteiger partial charge in [-0.05, 0) is 30.3 Å². The minimum atomic E-state index is 0.310. The van der Waals surface area contributed by atoms with Crippen LogP contribution < -0.4 is 21.1 Å². The van der Waals surface area contributed by atoms with E-state index in [-0.39, 0.29) is 0 Å². The Labute approximate surface area is 154 Å². The van der Waals surface area contributed by atoms with Crippen molar-refractivity contribution in [1.29, 1.82) is 0 Å². The van der Waals surface area contributed by atoms with E-state index in [1.807, 2.05) is 0 Å². The highest BCUT2D eigenvalue weighted by Gasteiger charge is 2.12. The molecule has 1 aromatic carbocycles. The van der Waals surface area contributed by atoms with E-state index in [0.717, 1.165) is 0 Å². The van der Waals surface area contributed by atoms with Crippen molar-refractivity contribution in [3.05, 3.63) is 53.0 Å². The minimum Gasteiger partial charge on any atom is -0.495 e. The van der Waals surface area contributed by atoms with Crippen LogP contribution in [0.4, 0.5) is 28.7 Å². The Morgan fingerprint density at radius 1 is 1.00 bits per heavy atom. The van der Waals surface area contributed by atoms with Gasteiger partial charge in [0.2, 0.25) is 0 Å². The Kier molecular flexibility index (Phi) is 5.06. The molecule has 0 aliphatic heterocycles. The van der Waals surface area contributed by atoms with E-state index in [9.17, 15) is 0 Å². The predicted molar refractivity (Wildman–Crippen MR) is 100 cm³/mol. The quantitative estimate of drug-likeness (QED) is 0.572. The molecule has 9 heteroatoms. The smallest absolute Gasteiger partial charge is 0.159 e. The van der Waals surface area contributed by atoms with Crippen LogP contribution in [0.2, 0.25) is 10.2 Å². The number of nitrogen functional groups attached to an aromatic ring is 1. The molecule has 0 amide bonds. The van der Waals surface area contributed by atoms with Crippen molar-refractivity contribution in [2.24, 2.45) is 0 Å². The zero-order valence-electron chi connectivity index (χ0n) is 13.1. The van der Waals surface area contributed by atoms with E-state index < -0.39 is 0 Å². The number of nitrogens with two attached hydrogens (primary N) is 1. The normalized spacial score (nSPS) is 10.4. The molecule has 128 valence electrons. The van der Waals surface area contributed by atoms with Gasteiger partial charge in [0.25, 0.3) is 0 Å². The monoisotopic (exact) mass is 376 g/mol. The second kappa shape index (κ2) is 7.42. The molecule has 7 nitrogen and oxygen atoms in total. The highest BCUT2D eigenvalue weighted by molar-refractivity contribution is 6.32. The standard InChI is InChI=1S/C16H14Cl2N6O/c1-25-12-5-4-9(17)7-11(12)24-16-13(19)15(21-8-22-16)23-10-3-2-6-20-14(10)18/h2-8H,19H2,1H3,(H2,21,22,23,24). The van der Waals surface area contributed by atoms with Crippen molar-refractivity contribution in [1.82, 2.24) is 15.0 Å². The molecule has 0 saturated carbocycles. The summed E-state index contributed by atoms with van der Waals surface area (Å²) < 4.78 is 5.31. The first-order valence-electron chi connectivity index (χ1n) is 7.17. The van der Waals surface area contributed by atoms with E-state index in [0.29, 0.717) is 44.6 Å². The first-order chi connectivity index (χ1) is 12.1. The topological polar surface area (TPSA) is 98.0 Å². The summed E-state index contributed by atoms with van der Waals surface area (Å²) in [5.41, 5.74) is 7.70. The molecule has 2 heterocycles. The van der Waals surface area contributed by atoms with Crippen molar-refractivity contribution in [2.45, 2.75) is 0 Å². The van der Waals surface area contributed by atoms with Crippen LogP contribution in [0.3, 0.4) is 0 Å². The van der Waals surface area contributed by atoms with Gasteiger partial charge in [-0.3, -0.25) is 0 Å². The molecule has 2 aromatic heterocycles. The number of nitrogens with one attached hydrogen (secondary N) is 2. The number of halogens is 2. The second-order valence-electron chi connectivity index (χ2n) is 4.92. The zero-order valence-corrected chi connectivity index (χ0v) is 14.6. The van der Waals surface area contributed by atoms with Crippen LogP contribution in [-0.2, 0) is 0 Å². The molecule has 0 atom stereocenters. The van der Waals surface area contributed by atoms with Gasteiger partial charge in [0.1, 0.15) is 17.8 Å². The molecule has 25 heavy (non-hydrogen) atoms. The van der Waals surface area contributed by atoms with Crippen LogP contribution in [0.15, 0.2) is 42.9 Å². The number of hydrogen-bond acceptors (Lipinski definition) is 7. The molecule has 0 saturated heterocycles. The lowest BCUT2D eigenvalue weighted by Gasteiger charge is -2.14. The third kappa shape index (κ3) is 3.84. The van der Waals surface area contributed by atoms with Crippen molar-refractivity contribution in [3.8, 4) is 5.75 Å². The Bertz CT molecular complexity index is 906. The van der Waals surface area contributed by atoms with Crippen molar-refractivity contribution in [2.75, 3.05) is 23.5 Å². The average Bonchev–Trinajstić information content (AvgIpc) is 2.60. The number of hydrogen-bond donors (Lipinski definition) is 3. The molecule has 0 radical (unpaired) electrons. The summed E-state index contributed by atoms with van der Waals surface area (Å²) in [6.07, 6.45) is 2.97. The Hall–Kier alpha value is -2.77. The van der Waals surface area contributed by atoms with Gasteiger partial charge in [-0.15, -0.1) is 0 Å². The highest BCUT2D eigenvalue weighted by Crippen LogP contribution is 2.34. The lowest BCUT2D eigenvalue weighted by molar-refractivity contribution is 0.417. The fourth-order valence-electron chi connectivity index (χ4n) is 2.11. The summed E-state index contributed by atoms with van der Waals surface area (Å²) in [5, 5.41) is 7.00. The summed E-state index contributed by atoms with van der Waals surface area (Å²) in [5.74, 6) is 1.40. The molecular weight excluding hydrogens is 363 g/mol. The maximum absolute atomic E-state index is 6.17. The lowest BCUT2D eigenvalue weighted by Crippen LogP contribution is -2.06. The van der Waals surface area contributed by atoms with Crippen LogP contribution in [-0.4, -0.2) is 22.1 Å². The van der Waals surface area contributed by atoms with Crippen molar-refractivity contribution < 1.29 is 4.74 Å². The first kappa shape index (κ1) is 17.1. The van der Waals surface area contributed by atoms with Gasteiger partial charge < -0.3 is 21.1 Å². The Balaban J connectivity index is 1.92. The SMILES string of the molecule is COc1ccc(Cl)cc1Nc1ncnc(Nc2cccnc2Cl)c1N. The summed E-state index contributed by atoms with van der Waals surface area (Å²) in [6, 6.07) is 8.71. The van der Waals surface area contributed by atoms with Gasteiger partial charge >= 0.3 is 0 Å². The average molecular weight is 377 g/mol. The van der Waals surface area contributed by atoms with Gasteiger partial charge in [-0.25, -0.2) is 15.0 Å². The number of anilines is 5. The molecule has 0 aliphatic rings. The molecule has 4 N–H and O–H groups in total. The Morgan fingerprint density at radius 2 is 1.72 bits per heavy atom. The van der Waals surface area contributed by atoms with Crippen LogP contribution in [0.1, 0.15) is 0 Å². The fourth-order valence-corrected chi connectivity index (χ4v) is 2.45. The lowest BCUT2D eigenvalue weighted by atomic mass is 10.3. The van der Waals surface area contributed by atoms with E-state index in [1.165, 1.54) is 6.33 Å². The van der Waals surface area contributed by atoms with Crippen LogP contribution in [0.5, 0.6) is 5.75 Å². The number of nitrogens with zero attached hydrogens (tertiary/aromatic N) is 3. The molecular formula is C16H14Cl2N6O. The summed E-state index contributed by atoms with van der Waals surface area (Å²) in [4.78, 5) is 12.3. The third-order valence-corrected chi connectivity index (χ3v) is 3.85. The van der Waals surface area contributed by atoms with Crippen molar-refractivity contribution >= 4 is 51.9 Å². The zero-order chi connectivity index (χ0) is 17.8. The van der Waals surface area contributed by atoms with Gasteiger partial charge in [0, 0.05) is 11.2 Å². The van der Waals surface area contributed by atoms with E-state index in [4.69, 9.17) is 33.7 Å². The number of pyridine rings is 1. The molecule has 0 unspecified atom stereocenters. The molecule has 0 aliphatic carbocycles. The summed E-state index contributed by atoms with van der Waals surface area (Å²) in [6.45, 7) is 0. The summed E-state index contributed by atoms with van der Waals surface area (Å²) in [7, 11) is 1.56. The first-order valence-corrected chi connectivity index (χ1v) is 7.92. The maximum atomic E-state index is 6.17. The maximum Gasteiger partial charge on any atom is 0.159 e. The second-order valence-corrected chi connectivity index (χ2v) is 5.72. The number of rotatable bonds is 5. The number of ether oxygens (including phenoxy) is 1. The molecule has 0 bridgehead atoms. The minimum absolute atomic E-state index is 0.310. The van der Waals surface area contributed by atoms with Crippen LogP contribution >= 0.6 is 23.2 Å². The molecule has 0 fully saturated rings. The molecule has 0 spiro atoms. The van der Waals surface area contributed by atoms with Gasteiger partial charge in [-0.1, -0.05) is 23.2 Å². The predicted octanol–water partition coefficient (Wildman–Crippen LogP) is 4.26. The number of aromatic nitrogens is 3.